The monoisotopic (exact) mass is 370 g/mol. The van der Waals surface area contributed by atoms with Crippen LogP contribution in [0.25, 0.3) is 0 Å². The maximum absolute atomic E-state index is 5.97. The molecule has 0 fully saturated rings. The highest BCUT2D eigenvalue weighted by Crippen LogP contribution is 2.39. The molecule has 2 aromatic carbocycles. The van der Waals surface area contributed by atoms with Gasteiger partial charge in [0.25, 0.3) is 0 Å². The molecule has 0 saturated carbocycles. The standard InChI is InChI=1S/C16H16BrClO3/c1-19-14-7-12(9-17)8-15(20-2)16(14)21-10-11-4-3-5-13(18)6-11/h3-8H,9-10H2,1-2H3. The number of alkyl halides is 1. The van der Waals surface area contributed by atoms with E-state index in [2.05, 4.69) is 15.9 Å². The molecular formula is C16H16BrClO3. The number of methoxy groups -OCH3 is 2. The van der Waals surface area contributed by atoms with Gasteiger partial charge in [-0.3, -0.25) is 0 Å². The zero-order chi connectivity index (χ0) is 15.2. The molecule has 0 aliphatic carbocycles. The van der Waals surface area contributed by atoms with Crippen molar-refractivity contribution in [2.75, 3.05) is 14.2 Å². The van der Waals surface area contributed by atoms with Gasteiger partial charge in [0.05, 0.1) is 14.2 Å². The van der Waals surface area contributed by atoms with Crippen LogP contribution < -0.4 is 14.2 Å². The first-order valence-electron chi connectivity index (χ1n) is 6.36. The Kier molecular flexibility index (Phi) is 5.76. The minimum Gasteiger partial charge on any atom is -0.493 e. The van der Waals surface area contributed by atoms with E-state index in [1.54, 1.807) is 14.2 Å². The Hall–Kier alpha value is -1.39. The third-order valence-electron chi connectivity index (χ3n) is 2.95. The van der Waals surface area contributed by atoms with E-state index >= 15 is 0 Å². The van der Waals surface area contributed by atoms with Crippen LogP contribution in [0.15, 0.2) is 36.4 Å². The lowest BCUT2D eigenvalue weighted by atomic mass is 10.2. The topological polar surface area (TPSA) is 27.7 Å². The van der Waals surface area contributed by atoms with Gasteiger partial charge in [-0.05, 0) is 35.4 Å². The van der Waals surface area contributed by atoms with E-state index in [1.807, 2.05) is 36.4 Å². The summed E-state index contributed by atoms with van der Waals surface area (Å²) < 4.78 is 16.6. The van der Waals surface area contributed by atoms with Gasteiger partial charge in [-0.15, -0.1) is 0 Å². The summed E-state index contributed by atoms with van der Waals surface area (Å²) in [6.07, 6.45) is 0. The summed E-state index contributed by atoms with van der Waals surface area (Å²) in [4.78, 5) is 0. The second-order valence-electron chi connectivity index (χ2n) is 4.38. The predicted molar refractivity (Wildman–Crippen MR) is 88.0 cm³/mol. The zero-order valence-electron chi connectivity index (χ0n) is 11.9. The fraction of sp³-hybridized carbons (Fsp3) is 0.250. The van der Waals surface area contributed by atoms with Crippen LogP contribution in [0.1, 0.15) is 11.1 Å². The summed E-state index contributed by atoms with van der Waals surface area (Å²) in [5.74, 6) is 1.88. The van der Waals surface area contributed by atoms with Gasteiger partial charge in [0, 0.05) is 10.4 Å². The van der Waals surface area contributed by atoms with E-state index < -0.39 is 0 Å². The maximum atomic E-state index is 5.97. The second kappa shape index (κ2) is 7.57. The van der Waals surface area contributed by atoms with E-state index in [1.165, 1.54) is 0 Å². The molecule has 112 valence electrons. The third kappa shape index (κ3) is 4.05. The Bertz CT molecular complexity index is 591. The van der Waals surface area contributed by atoms with Crippen LogP contribution in [0, 0.1) is 0 Å². The Morgan fingerprint density at radius 1 is 1.00 bits per heavy atom. The fourth-order valence-corrected chi connectivity index (χ4v) is 2.47. The van der Waals surface area contributed by atoms with Gasteiger partial charge < -0.3 is 14.2 Å². The quantitative estimate of drug-likeness (QED) is 0.681. The number of rotatable bonds is 6. The summed E-state index contributed by atoms with van der Waals surface area (Å²) >= 11 is 9.40. The summed E-state index contributed by atoms with van der Waals surface area (Å²) in [5, 5.41) is 1.40. The largest absolute Gasteiger partial charge is 0.493 e. The van der Waals surface area contributed by atoms with Gasteiger partial charge in [0.1, 0.15) is 6.61 Å². The number of benzene rings is 2. The molecule has 0 atom stereocenters. The van der Waals surface area contributed by atoms with E-state index in [4.69, 9.17) is 25.8 Å². The second-order valence-corrected chi connectivity index (χ2v) is 5.38. The Labute approximate surface area is 137 Å². The Balaban J connectivity index is 2.26. The van der Waals surface area contributed by atoms with Crippen LogP contribution in [0.5, 0.6) is 17.2 Å². The molecule has 0 heterocycles. The van der Waals surface area contributed by atoms with Gasteiger partial charge in [-0.1, -0.05) is 39.7 Å². The normalized spacial score (nSPS) is 10.3. The maximum Gasteiger partial charge on any atom is 0.203 e. The van der Waals surface area contributed by atoms with Crippen molar-refractivity contribution >= 4 is 27.5 Å². The van der Waals surface area contributed by atoms with Crippen molar-refractivity contribution in [3.8, 4) is 17.2 Å². The highest BCUT2D eigenvalue weighted by atomic mass is 79.9. The lowest BCUT2D eigenvalue weighted by molar-refractivity contribution is 0.265. The number of halogens is 2. The average molecular weight is 372 g/mol. The lowest BCUT2D eigenvalue weighted by Crippen LogP contribution is -2.01. The van der Waals surface area contributed by atoms with Crippen LogP contribution in [0.4, 0.5) is 0 Å². The van der Waals surface area contributed by atoms with Gasteiger partial charge >= 0.3 is 0 Å². The molecule has 0 aromatic heterocycles. The number of ether oxygens (including phenoxy) is 3. The first-order chi connectivity index (χ1) is 10.2. The van der Waals surface area contributed by atoms with Crippen molar-refractivity contribution in [3.63, 3.8) is 0 Å². The smallest absolute Gasteiger partial charge is 0.203 e. The molecule has 0 N–H and O–H groups in total. The number of hydrogen-bond acceptors (Lipinski definition) is 3. The van der Waals surface area contributed by atoms with E-state index in [0.29, 0.717) is 34.2 Å². The fourth-order valence-electron chi connectivity index (χ4n) is 1.94. The molecular weight excluding hydrogens is 356 g/mol. The molecule has 0 bridgehead atoms. The molecule has 3 nitrogen and oxygen atoms in total. The van der Waals surface area contributed by atoms with E-state index in [0.717, 1.165) is 11.1 Å². The van der Waals surface area contributed by atoms with E-state index in [9.17, 15) is 0 Å². The molecule has 2 rings (SSSR count). The SMILES string of the molecule is COc1cc(CBr)cc(OC)c1OCc1cccc(Cl)c1. The summed E-state index contributed by atoms with van der Waals surface area (Å²) in [6.45, 7) is 0.390. The molecule has 0 aliphatic heterocycles. The Morgan fingerprint density at radius 2 is 1.67 bits per heavy atom. The highest BCUT2D eigenvalue weighted by Gasteiger charge is 2.14. The third-order valence-corrected chi connectivity index (χ3v) is 3.83. The highest BCUT2D eigenvalue weighted by molar-refractivity contribution is 9.08. The van der Waals surface area contributed by atoms with Crippen molar-refractivity contribution < 1.29 is 14.2 Å². The van der Waals surface area contributed by atoms with Crippen molar-refractivity contribution in [1.82, 2.24) is 0 Å². The predicted octanol–water partition coefficient (Wildman–Crippen LogP) is 4.83. The molecule has 2 aromatic rings. The van der Waals surface area contributed by atoms with Gasteiger partial charge in [-0.2, -0.15) is 0 Å². The lowest BCUT2D eigenvalue weighted by Gasteiger charge is -2.15. The summed E-state index contributed by atoms with van der Waals surface area (Å²) in [7, 11) is 3.22. The molecule has 0 spiro atoms. The van der Waals surface area contributed by atoms with Gasteiger partial charge in [0.2, 0.25) is 5.75 Å². The molecule has 21 heavy (non-hydrogen) atoms. The molecule has 5 heteroatoms. The van der Waals surface area contributed by atoms with Gasteiger partial charge in [0.15, 0.2) is 11.5 Å². The Morgan fingerprint density at radius 3 is 2.19 bits per heavy atom. The van der Waals surface area contributed by atoms with Gasteiger partial charge in [-0.25, -0.2) is 0 Å². The molecule has 0 radical (unpaired) electrons. The van der Waals surface area contributed by atoms with Crippen molar-refractivity contribution in [1.29, 1.82) is 0 Å². The van der Waals surface area contributed by atoms with Crippen molar-refractivity contribution in [2.24, 2.45) is 0 Å². The van der Waals surface area contributed by atoms with Crippen LogP contribution in [-0.2, 0) is 11.9 Å². The molecule has 0 saturated heterocycles. The summed E-state index contributed by atoms with van der Waals surface area (Å²) in [5.41, 5.74) is 2.04. The first-order valence-corrected chi connectivity index (χ1v) is 7.86. The van der Waals surface area contributed by atoms with Crippen LogP contribution in [0.3, 0.4) is 0 Å². The van der Waals surface area contributed by atoms with Crippen molar-refractivity contribution in [3.05, 3.63) is 52.5 Å². The summed E-state index contributed by atoms with van der Waals surface area (Å²) in [6, 6.07) is 11.4. The minimum absolute atomic E-state index is 0.390. The van der Waals surface area contributed by atoms with Crippen LogP contribution >= 0.6 is 27.5 Å². The average Bonchev–Trinajstić information content (AvgIpc) is 2.52. The van der Waals surface area contributed by atoms with Crippen LogP contribution in [-0.4, -0.2) is 14.2 Å². The molecule has 0 unspecified atom stereocenters. The minimum atomic E-state index is 0.390. The van der Waals surface area contributed by atoms with E-state index in [-0.39, 0.29) is 0 Å². The van der Waals surface area contributed by atoms with Crippen molar-refractivity contribution in [2.45, 2.75) is 11.9 Å². The molecule has 0 amide bonds. The first kappa shape index (κ1) is 16.0. The number of hydrogen-bond donors (Lipinski definition) is 0. The molecule has 0 aliphatic rings. The zero-order valence-corrected chi connectivity index (χ0v) is 14.2. The van der Waals surface area contributed by atoms with Crippen LogP contribution in [0.2, 0.25) is 5.02 Å².